The molecule has 0 atom stereocenters. The molecule has 0 aliphatic heterocycles. The van der Waals surface area contributed by atoms with Crippen LogP contribution < -0.4 is 0 Å². The van der Waals surface area contributed by atoms with Crippen LogP contribution in [0.15, 0.2) is 33.3 Å². The molecule has 25 heavy (non-hydrogen) atoms. The van der Waals surface area contributed by atoms with Crippen LogP contribution in [-0.2, 0) is 18.4 Å². The average Bonchev–Trinajstić information content (AvgIpc) is 3.27. The Morgan fingerprint density at radius 1 is 1.36 bits per heavy atom. The smallest absolute Gasteiger partial charge is 0.233 e. The Kier molecular flexibility index (Phi) is 5.29. The maximum Gasteiger partial charge on any atom is 0.233 e. The minimum Gasteiger partial charge on any atom is -0.469 e. The summed E-state index contributed by atoms with van der Waals surface area (Å²) in [7, 11) is 3.73. The zero-order chi connectivity index (χ0) is 18.0. The molecule has 0 spiro atoms. The van der Waals surface area contributed by atoms with E-state index in [1.165, 1.54) is 22.2 Å². The number of aromatic nitrogens is 3. The fourth-order valence-corrected chi connectivity index (χ4v) is 4.21. The predicted octanol–water partition coefficient (Wildman–Crippen LogP) is 3.50. The van der Waals surface area contributed by atoms with Crippen molar-refractivity contribution in [2.24, 2.45) is 7.05 Å². The highest BCUT2D eigenvalue weighted by Gasteiger charge is 2.17. The van der Waals surface area contributed by atoms with Gasteiger partial charge < -0.3 is 13.9 Å². The van der Waals surface area contributed by atoms with Crippen molar-refractivity contribution < 1.29 is 9.21 Å². The summed E-state index contributed by atoms with van der Waals surface area (Å²) in [5.41, 5.74) is 2.14. The van der Waals surface area contributed by atoms with E-state index in [1.807, 2.05) is 31.7 Å². The number of thiophene rings is 1. The van der Waals surface area contributed by atoms with Crippen molar-refractivity contribution in [3.05, 3.63) is 40.0 Å². The molecule has 0 bridgehead atoms. The van der Waals surface area contributed by atoms with Gasteiger partial charge >= 0.3 is 0 Å². The van der Waals surface area contributed by atoms with Crippen LogP contribution in [0.5, 0.6) is 0 Å². The van der Waals surface area contributed by atoms with Gasteiger partial charge in [0.2, 0.25) is 5.91 Å². The number of hydrogen-bond acceptors (Lipinski definition) is 6. The highest BCUT2D eigenvalue weighted by Crippen LogP contribution is 2.26. The summed E-state index contributed by atoms with van der Waals surface area (Å²) in [6, 6.07) is 3.95. The van der Waals surface area contributed by atoms with Crippen LogP contribution in [0, 0.1) is 13.8 Å². The molecule has 3 heterocycles. The second kappa shape index (κ2) is 7.45. The lowest BCUT2D eigenvalue weighted by Gasteiger charge is -2.16. The molecule has 0 radical (unpaired) electrons. The SMILES string of the molecule is Cc1ccsc1CN(C)C(=O)CSc1nnc(-c2ccoc2C)n1C. The highest BCUT2D eigenvalue weighted by atomic mass is 32.2. The number of hydrogen-bond donors (Lipinski definition) is 0. The normalized spacial score (nSPS) is 11.0. The fourth-order valence-electron chi connectivity index (χ4n) is 2.40. The third kappa shape index (κ3) is 3.80. The number of carbonyl (C=O) groups excluding carboxylic acids is 1. The van der Waals surface area contributed by atoms with Crippen molar-refractivity contribution in [2.75, 3.05) is 12.8 Å². The summed E-state index contributed by atoms with van der Waals surface area (Å²) >= 11 is 3.07. The van der Waals surface area contributed by atoms with E-state index in [1.54, 1.807) is 22.5 Å². The molecule has 0 aliphatic carbocycles. The molecule has 1 amide bonds. The summed E-state index contributed by atoms with van der Waals surface area (Å²) in [6.07, 6.45) is 1.64. The first-order valence-electron chi connectivity index (χ1n) is 7.81. The van der Waals surface area contributed by atoms with Crippen molar-refractivity contribution in [3.63, 3.8) is 0 Å². The summed E-state index contributed by atoms with van der Waals surface area (Å²) < 4.78 is 7.21. The van der Waals surface area contributed by atoms with Crippen LogP contribution in [-0.4, -0.2) is 38.4 Å². The molecule has 0 fully saturated rings. The summed E-state index contributed by atoms with van der Waals surface area (Å²) in [5.74, 6) is 1.94. The molecule has 8 heteroatoms. The molecule has 132 valence electrons. The van der Waals surface area contributed by atoms with Gasteiger partial charge in [0, 0.05) is 19.0 Å². The van der Waals surface area contributed by atoms with E-state index < -0.39 is 0 Å². The van der Waals surface area contributed by atoms with E-state index in [0.29, 0.717) is 17.5 Å². The topological polar surface area (TPSA) is 64.2 Å². The van der Waals surface area contributed by atoms with Gasteiger partial charge in [-0.3, -0.25) is 4.79 Å². The van der Waals surface area contributed by atoms with Crippen LogP contribution in [0.1, 0.15) is 16.2 Å². The van der Waals surface area contributed by atoms with Crippen LogP contribution in [0.2, 0.25) is 0 Å². The number of furan rings is 1. The molecule has 3 rings (SSSR count). The van der Waals surface area contributed by atoms with E-state index >= 15 is 0 Å². The Morgan fingerprint density at radius 3 is 2.80 bits per heavy atom. The monoisotopic (exact) mass is 376 g/mol. The molecule has 0 unspecified atom stereocenters. The maximum absolute atomic E-state index is 12.4. The summed E-state index contributed by atoms with van der Waals surface area (Å²) in [6.45, 7) is 4.60. The average molecular weight is 377 g/mol. The third-order valence-corrected chi connectivity index (χ3v) is 6.05. The van der Waals surface area contributed by atoms with E-state index in [-0.39, 0.29) is 5.91 Å². The van der Waals surface area contributed by atoms with E-state index in [0.717, 1.165) is 17.1 Å². The van der Waals surface area contributed by atoms with E-state index in [4.69, 9.17) is 4.42 Å². The quantitative estimate of drug-likeness (QED) is 0.616. The Balaban J connectivity index is 1.62. The van der Waals surface area contributed by atoms with E-state index in [9.17, 15) is 4.79 Å². The molecule has 3 aromatic heterocycles. The molecule has 6 nitrogen and oxygen atoms in total. The first-order chi connectivity index (χ1) is 12.0. The molecular formula is C17H20N4O2S2. The van der Waals surface area contributed by atoms with Gasteiger partial charge in [-0.25, -0.2) is 0 Å². The van der Waals surface area contributed by atoms with Crippen molar-refractivity contribution in [1.82, 2.24) is 19.7 Å². The van der Waals surface area contributed by atoms with Crippen LogP contribution in [0.3, 0.4) is 0 Å². The van der Waals surface area contributed by atoms with Crippen molar-refractivity contribution >= 4 is 29.0 Å². The molecule has 0 aromatic carbocycles. The molecular weight excluding hydrogens is 356 g/mol. The number of nitrogens with zero attached hydrogens (tertiary/aromatic N) is 4. The zero-order valence-electron chi connectivity index (χ0n) is 14.6. The number of thioether (sulfide) groups is 1. The number of amides is 1. The minimum atomic E-state index is 0.0711. The van der Waals surface area contributed by atoms with Crippen molar-refractivity contribution in [2.45, 2.75) is 25.5 Å². The minimum absolute atomic E-state index is 0.0711. The van der Waals surface area contributed by atoms with Crippen LogP contribution in [0.4, 0.5) is 0 Å². The zero-order valence-corrected chi connectivity index (χ0v) is 16.3. The lowest BCUT2D eigenvalue weighted by atomic mass is 10.2. The van der Waals surface area contributed by atoms with Gasteiger partial charge in [0.1, 0.15) is 5.76 Å². The Morgan fingerprint density at radius 2 is 2.16 bits per heavy atom. The molecule has 0 N–H and O–H groups in total. The lowest BCUT2D eigenvalue weighted by Crippen LogP contribution is -2.27. The number of rotatable bonds is 6. The Hall–Kier alpha value is -2.06. The van der Waals surface area contributed by atoms with Crippen LogP contribution >= 0.6 is 23.1 Å². The van der Waals surface area contributed by atoms with Gasteiger partial charge in [0.25, 0.3) is 0 Å². The second-order valence-corrected chi connectivity index (χ2v) is 7.76. The van der Waals surface area contributed by atoms with Crippen LogP contribution in [0.25, 0.3) is 11.4 Å². The Labute approximate surface area is 154 Å². The second-order valence-electron chi connectivity index (χ2n) is 5.82. The van der Waals surface area contributed by atoms with Gasteiger partial charge in [-0.1, -0.05) is 11.8 Å². The fraction of sp³-hybridized carbons (Fsp3) is 0.353. The molecule has 0 aliphatic rings. The largest absolute Gasteiger partial charge is 0.469 e. The van der Waals surface area contributed by atoms with Crippen molar-refractivity contribution in [3.8, 4) is 11.4 Å². The first-order valence-corrected chi connectivity index (χ1v) is 9.67. The lowest BCUT2D eigenvalue weighted by molar-refractivity contribution is -0.127. The van der Waals surface area contributed by atoms with E-state index in [2.05, 4.69) is 28.6 Å². The van der Waals surface area contributed by atoms with Gasteiger partial charge in [0.05, 0.1) is 24.1 Å². The third-order valence-electron chi connectivity index (χ3n) is 4.03. The summed E-state index contributed by atoms with van der Waals surface area (Å²) in [5, 5.41) is 11.2. The van der Waals surface area contributed by atoms with Gasteiger partial charge in [-0.15, -0.1) is 21.5 Å². The molecule has 0 saturated heterocycles. The Bertz CT molecular complexity index is 881. The van der Waals surface area contributed by atoms with Gasteiger partial charge in [-0.2, -0.15) is 0 Å². The molecule has 3 aromatic rings. The highest BCUT2D eigenvalue weighted by molar-refractivity contribution is 7.99. The predicted molar refractivity (Wildman–Crippen MR) is 99.7 cm³/mol. The maximum atomic E-state index is 12.4. The van der Waals surface area contributed by atoms with Gasteiger partial charge in [-0.05, 0) is 36.9 Å². The number of carbonyl (C=O) groups is 1. The summed E-state index contributed by atoms with van der Waals surface area (Å²) in [4.78, 5) is 15.4. The van der Waals surface area contributed by atoms with Crippen molar-refractivity contribution in [1.29, 1.82) is 0 Å². The first kappa shape index (κ1) is 17.8. The standard InChI is InChI=1S/C17H20N4O2S2/c1-11-6-8-24-14(11)9-20(3)15(22)10-25-17-19-18-16(21(17)4)13-5-7-23-12(13)2/h5-8H,9-10H2,1-4H3. The van der Waals surface area contributed by atoms with Gasteiger partial charge in [0.15, 0.2) is 11.0 Å². The number of aryl methyl sites for hydroxylation is 2. The molecule has 0 saturated carbocycles.